The van der Waals surface area contributed by atoms with Gasteiger partial charge >= 0.3 is 0 Å². The summed E-state index contributed by atoms with van der Waals surface area (Å²) in [5.74, 6) is 0. The van der Waals surface area contributed by atoms with Crippen molar-refractivity contribution >= 4 is 30.4 Å². The molecule has 2 aromatic carbocycles. The molecule has 2 rings (SSSR count). The molecule has 0 aliphatic carbocycles. The van der Waals surface area contributed by atoms with E-state index in [4.69, 9.17) is 0 Å². The van der Waals surface area contributed by atoms with Crippen molar-refractivity contribution < 1.29 is 4.79 Å². The number of hydrogen-bond donors (Lipinski definition) is 2. The molecule has 0 N–H and O–H groups in total. The summed E-state index contributed by atoms with van der Waals surface area (Å²) in [6.45, 7) is 2.06. The van der Waals surface area contributed by atoms with E-state index in [0.717, 1.165) is 10.5 Å². The Kier molecular flexibility index (Phi) is 6.61. The van der Waals surface area contributed by atoms with E-state index < -0.39 is 0 Å². The highest BCUT2D eigenvalue weighted by Crippen LogP contribution is 2.05. The Balaban J connectivity index is 0.000000184. The lowest BCUT2D eigenvalue weighted by atomic mass is 10.2. The lowest BCUT2D eigenvalue weighted by molar-refractivity contribution is -0.110. The molecule has 0 heterocycles. The van der Waals surface area contributed by atoms with Gasteiger partial charge in [0.1, 0.15) is 0 Å². The molecule has 0 amide bonds. The SMILES string of the molecule is Cc1ccc(S)cc1.O=C(S)Cc1ccccc1. The summed E-state index contributed by atoms with van der Waals surface area (Å²) in [5.41, 5.74) is 2.30. The Hall–Kier alpha value is -1.19. The van der Waals surface area contributed by atoms with E-state index in [1.54, 1.807) is 0 Å². The van der Waals surface area contributed by atoms with Crippen LogP contribution in [0.15, 0.2) is 59.5 Å². The zero-order valence-corrected chi connectivity index (χ0v) is 12.0. The van der Waals surface area contributed by atoms with Gasteiger partial charge in [0.05, 0.1) is 0 Å². The van der Waals surface area contributed by atoms with Crippen LogP contribution in [0.4, 0.5) is 0 Å². The van der Waals surface area contributed by atoms with Gasteiger partial charge in [0.15, 0.2) is 5.12 Å². The largest absolute Gasteiger partial charge is 0.287 e. The molecule has 0 atom stereocenters. The summed E-state index contributed by atoms with van der Waals surface area (Å²) >= 11 is 7.80. The smallest absolute Gasteiger partial charge is 0.190 e. The second-order valence-corrected chi connectivity index (χ2v) is 4.91. The van der Waals surface area contributed by atoms with Crippen molar-refractivity contribution in [3.8, 4) is 0 Å². The molecule has 1 nitrogen and oxygen atoms in total. The van der Waals surface area contributed by atoms with E-state index in [1.165, 1.54) is 5.56 Å². The van der Waals surface area contributed by atoms with Crippen molar-refractivity contribution in [1.82, 2.24) is 0 Å². The number of hydrogen-bond acceptors (Lipinski definition) is 2. The van der Waals surface area contributed by atoms with Gasteiger partial charge in [-0.25, -0.2) is 0 Å². The first-order valence-electron chi connectivity index (χ1n) is 5.59. The van der Waals surface area contributed by atoms with Crippen molar-refractivity contribution in [3.05, 3.63) is 65.7 Å². The molecule has 0 bridgehead atoms. The van der Waals surface area contributed by atoms with Crippen LogP contribution in [0, 0.1) is 6.92 Å². The third-order valence-corrected chi connectivity index (χ3v) is 2.69. The average molecular weight is 276 g/mol. The lowest BCUT2D eigenvalue weighted by Crippen LogP contribution is -1.91. The summed E-state index contributed by atoms with van der Waals surface area (Å²) in [6, 6.07) is 17.6. The second kappa shape index (κ2) is 8.01. The molecular weight excluding hydrogens is 260 g/mol. The summed E-state index contributed by atoms with van der Waals surface area (Å²) in [5, 5.41) is -0.0915. The van der Waals surface area contributed by atoms with Crippen LogP contribution < -0.4 is 0 Å². The Morgan fingerprint density at radius 1 is 1.00 bits per heavy atom. The van der Waals surface area contributed by atoms with Crippen molar-refractivity contribution in [2.45, 2.75) is 18.2 Å². The molecular formula is C15H16OS2. The van der Waals surface area contributed by atoms with Crippen LogP contribution in [-0.4, -0.2) is 5.12 Å². The number of aryl methyl sites for hydroxylation is 1. The number of benzene rings is 2. The van der Waals surface area contributed by atoms with Gasteiger partial charge in [-0.2, -0.15) is 0 Å². The number of rotatable bonds is 2. The van der Waals surface area contributed by atoms with Crippen LogP contribution in [0.5, 0.6) is 0 Å². The normalized spacial score (nSPS) is 9.28. The minimum absolute atomic E-state index is 0.0915. The molecule has 0 saturated carbocycles. The molecule has 0 saturated heterocycles. The fraction of sp³-hybridized carbons (Fsp3) is 0.133. The summed E-state index contributed by atoms with van der Waals surface area (Å²) < 4.78 is 0. The van der Waals surface area contributed by atoms with Gasteiger partial charge in [0.2, 0.25) is 0 Å². The third kappa shape index (κ3) is 6.52. The molecule has 2 aromatic rings. The maximum atomic E-state index is 10.5. The molecule has 18 heavy (non-hydrogen) atoms. The summed E-state index contributed by atoms with van der Waals surface area (Å²) in [7, 11) is 0. The van der Waals surface area contributed by atoms with Gasteiger partial charge in [0.25, 0.3) is 0 Å². The van der Waals surface area contributed by atoms with Crippen LogP contribution in [0.1, 0.15) is 11.1 Å². The van der Waals surface area contributed by atoms with Crippen LogP contribution in [0.2, 0.25) is 0 Å². The molecule has 0 radical (unpaired) electrons. The van der Waals surface area contributed by atoms with Crippen molar-refractivity contribution in [1.29, 1.82) is 0 Å². The molecule has 0 aromatic heterocycles. The average Bonchev–Trinajstić information content (AvgIpc) is 2.34. The van der Waals surface area contributed by atoms with Crippen LogP contribution in [-0.2, 0) is 11.2 Å². The highest BCUT2D eigenvalue weighted by molar-refractivity contribution is 7.96. The molecule has 0 aliphatic heterocycles. The molecule has 0 unspecified atom stereocenters. The fourth-order valence-corrected chi connectivity index (χ4v) is 1.65. The quantitative estimate of drug-likeness (QED) is 0.794. The molecule has 94 valence electrons. The maximum Gasteiger partial charge on any atom is 0.190 e. The van der Waals surface area contributed by atoms with Gasteiger partial charge < -0.3 is 0 Å². The van der Waals surface area contributed by atoms with Crippen molar-refractivity contribution in [2.75, 3.05) is 0 Å². The first kappa shape index (κ1) is 14.9. The Morgan fingerprint density at radius 2 is 1.56 bits per heavy atom. The number of carbonyl (C=O) groups excluding carboxylic acids is 1. The Morgan fingerprint density at radius 3 is 2.00 bits per heavy atom. The fourth-order valence-electron chi connectivity index (χ4n) is 1.32. The van der Waals surface area contributed by atoms with Crippen LogP contribution in [0.3, 0.4) is 0 Å². The monoisotopic (exact) mass is 276 g/mol. The zero-order valence-electron chi connectivity index (χ0n) is 10.2. The van der Waals surface area contributed by atoms with Gasteiger partial charge in [-0.15, -0.1) is 25.3 Å². The molecule has 0 spiro atoms. The van der Waals surface area contributed by atoms with Crippen LogP contribution in [0.25, 0.3) is 0 Å². The van der Waals surface area contributed by atoms with Crippen molar-refractivity contribution in [3.63, 3.8) is 0 Å². The summed E-state index contributed by atoms with van der Waals surface area (Å²) in [4.78, 5) is 11.5. The van der Waals surface area contributed by atoms with E-state index in [1.807, 2.05) is 54.6 Å². The van der Waals surface area contributed by atoms with E-state index in [9.17, 15) is 4.79 Å². The van der Waals surface area contributed by atoms with E-state index in [0.29, 0.717) is 6.42 Å². The van der Waals surface area contributed by atoms with Gasteiger partial charge in [0, 0.05) is 11.3 Å². The van der Waals surface area contributed by atoms with E-state index in [-0.39, 0.29) is 5.12 Å². The molecule has 0 aliphatic rings. The maximum absolute atomic E-state index is 10.5. The first-order valence-corrected chi connectivity index (χ1v) is 6.48. The van der Waals surface area contributed by atoms with Gasteiger partial charge in [-0.3, -0.25) is 4.79 Å². The van der Waals surface area contributed by atoms with Gasteiger partial charge in [-0.05, 0) is 24.6 Å². The zero-order chi connectivity index (χ0) is 13.4. The van der Waals surface area contributed by atoms with E-state index in [2.05, 4.69) is 32.2 Å². The highest BCUT2D eigenvalue weighted by Gasteiger charge is 1.94. The van der Waals surface area contributed by atoms with Crippen LogP contribution >= 0.6 is 25.3 Å². The second-order valence-electron chi connectivity index (χ2n) is 3.89. The number of carbonyl (C=O) groups is 1. The van der Waals surface area contributed by atoms with E-state index >= 15 is 0 Å². The first-order chi connectivity index (χ1) is 8.58. The number of thiol groups is 2. The molecule has 0 fully saturated rings. The topological polar surface area (TPSA) is 17.1 Å². The Labute approximate surface area is 119 Å². The molecule has 3 heteroatoms. The van der Waals surface area contributed by atoms with Gasteiger partial charge in [-0.1, -0.05) is 48.0 Å². The minimum Gasteiger partial charge on any atom is -0.287 e. The third-order valence-electron chi connectivity index (χ3n) is 2.23. The predicted molar refractivity (Wildman–Crippen MR) is 82.6 cm³/mol. The Bertz CT molecular complexity index is 457. The minimum atomic E-state index is -0.0915. The highest BCUT2D eigenvalue weighted by atomic mass is 32.1. The van der Waals surface area contributed by atoms with Crippen molar-refractivity contribution in [2.24, 2.45) is 0 Å². The standard InChI is InChI=1S/C8H8OS.C7H8S/c9-8(10)6-7-4-2-1-3-5-7;1-6-2-4-7(8)5-3-6/h1-5H,6H2,(H,9,10);2-5,8H,1H3. The summed E-state index contributed by atoms with van der Waals surface area (Å²) in [6.07, 6.45) is 0.421. The lowest BCUT2D eigenvalue weighted by Gasteiger charge is -1.92. The predicted octanol–water partition coefficient (Wildman–Crippen LogP) is 3.97.